The molecule has 1 saturated carbocycles. The molecular weight excluding hydrogens is 330 g/mol. The fourth-order valence-corrected chi connectivity index (χ4v) is 5.07. The fraction of sp³-hybridized carbons (Fsp3) is 0.765. The van der Waals surface area contributed by atoms with Gasteiger partial charge in [-0.15, -0.1) is 11.3 Å². The Morgan fingerprint density at radius 2 is 2.10 bits per heavy atom. The monoisotopic (exact) mass is 357 g/mol. The number of hydrogen-bond acceptors (Lipinski definition) is 2. The summed E-state index contributed by atoms with van der Waals surface area (Å²) < 4.78 is 1.27. The average molecular weight is 358 g/mol. The van der Waals surface area contributed by atoms with Crippen molar-refractivity contribution in [1.82, 2.24) is 5.32 Å². The van der Waals surface area contributed by atoms with Gasteiger partial charge in [0.25, 0.3) is 0 Å². The first-order valence-electron chi connectivity index (χ1n) is 8.17. The summed E-state index contributed by atoms with van der Waals surface area (Å²) in [5, 5.41) is 3.65. The molecule has 1 fully saturated rings. The highest BCUT2D eigenvalue weighted by molar-refractivity contribution is 9.11. The van der Waals surface area contributed by atoms with Gasteiger partial charge in [-0.2, -0.15) is 0 Å². The number of nitrogens with one attached hydrogen (secondary N) is 1. The van der Waals surface area contributed by atoms with Gasteiger partial charge in [0.05, 0.1) is 3.79 Å². The number of rotatable bonds is 7. The summed E-state index contributed by atoms with van der Waals surface area (Å²) in [5.74, 6) is 2.72. The highest BCUT2D eigenvalue weighted by Gasteiger charge is 2.29. The van der Waals surface area contributed by atoms with Crippen LogP contribution in [0, 0.1) is 17.8 Å². The summed E-state index contributed by atoms with van der Waals surface area (Å²) in [6.45, 7) is 7.01. The van der Waals surface area contributed by atoms with Crippen molar-refractivity contribution < 1.29 is 0 Å². The lowest BCUT2D eigenvalue weighted by Crippen LogP contribution is -2.34. The SMILES string of the molecule is CCCNCC1CCC(CC)CC1Cc1ccc(Br)s1. The van der Waals surface area contributed by atoms with Crippen molar-refractivity contribution in [2.45, 2.75) is 52.4 Å². The second kappa shape index (κ2) is 8.55. The van der Waals surface area contributed by atoms with Crippen LogP contribution in [0.15, 0.2) is 15.9 Å². The second-order valence-electron chi connectivity index (χ2n) is 6.22. The van der Waals surface area contributed by atoms with Gasteiger partial charge in [0.1, 0.15) is 0 Å². The first-order valence-corrected chi connectivity index (χ1v) is 9.78. The Morgan fingerprint density at radius 3 is 2.75 bits per heavy atom. The van der Waals surface area contributed by atoms with E-state index in [1.807, 2.05) is 11.3 Å². The summed E-state index contributed by atoms with van der Waals surface area (Å²) >= 11 is 5.51. The molecule has 0 aromatic carbocycles. The molecule has 20 heavy (non-hydrogen) atoms. The Bertz CT molecular complexity index is 388. The van der Waals surface area contributed by atoms with Gasteiger partial charge < -0.3 is 5.32 Å². The molecular formula is C17H28BrNS. The summed E-state index contributed by atoms with van der Waals surface area (Å²) in [6.07, 6.45) is 8.19. The molecule has 1 nitrogen and oxygen atoms in total. The minimum Gasteiger partial charge on any atom is -0.316 e. The van der Waals surface area contributed by atoms with E-state index in [4.69, 9.17) is 0 Å². The van der Waals surface area contributed by atoms with Crippen LogP contribution < -0.4 is 5.32 Å². The third-order valence-electron chi connectivity index (χ3n) is 4.75. The lowest BCUT2D eigenvalue weighted by Gasteiger charge is -2.36. The average Bonchev–Trinajstić information content (AvgIpc) is 2.86. The van der Waals surface area contributed by atoms with E-state index in [9.17, 15) is 0 Å². The van der Waals surface area contributed by atoms with Crippen LogP contribution in [0.25, 0.3) is 0 Å². The first kappa shape index (κ1) is 16.5. The topological polar surface area (TPSA) is 12.0 Å². The molecule has 3 atom stereocenters. The van der Waals surface area contributed by atoms with Crippen LogP contribution >= 0.6 is 27.3 Å². The predicted molar refractivity (Wildman–Crippen MR) is 93.5 cm³/mol. The van der Waals surface area contributed by atoms with Crippen molar-refractivity contribution in [3.63, 3.8) is 0 Å². The maximum Gasteiger partial charge on any atom is 0.0701 e. The number of hydrogen-bond donors (Lipinski definition) is 1. The van der Waals surface area contributed by atoms with Crippen molar-refractivity contribution in [3.8, 4) is 0 Å². The predicted octanol–water partition coefficient (Wildman–Crippen LogP) is 5.50. The highest BCUT2D eigenvalue weighted by atomic mass is 79.9. The van der Waals surface area contributed by atoms with Crippen LogP contribution in [0.1, 0.15) is 50.8 Å². The van der Waals surface area contributed by atoms with Crippen molar-refractivity contribution in [1.29, 1.82) is 0 Å². The van der Waals surface area contributed by atoms with Crippen molar-refractivity contribution in [3.05, 3.63) is 20.8 Å². The summed E-state index contributed by atoms with van der Waals surface area (Å²) in [6, 6.07) is 4.51. The van der Waals surface area contributed by atoms with E-state index >= 15 is 0 Å². The Labute approximate surface area is 136 Å². The van der Waals surface area contributed by atoms with E-state index in [1.54, 1.807) is 4.88 Å². The van der Waals surface area contributed by atoms with Crippen LogP contribution in [-0.2, 0) is 6.42 Å². The van der Waals surface area contributed by atoms with Crippen LogP contribution in [0.5, 0.6) is 0 Å². The van der Waals surface area contributed by atoms with E-state index in [0.717, 1.165) is 17.8 Å². The Balaban J connectivity index is 1.94. The maximum atomic E-state index is 3.65. The Hall–Kier alpha value is 0.140. The molecule has 2 rings (SSSR count). The lowest BCUT2D eigenvalue weighted by molar-refractivity contribution is 0.172. The molecule has 1 aliphatic rings. The standard InChI is InChI=1S/C17H28BrNS/c1-3-9-19-12-14-6-5-13(4-2)10-15(14)11-16-7-8-17(18)20-16/h7-8,13-15,19H,3-6,9-12H2,1-2H3. The van der Waals surface area contributed by atoms with E-state index in [-0.39, 0.29) is 0 Å². The zero-order chi connectivity index (χ0) is 14.4. The third kappa shape index (κ3) is 4.85. The van der Waals surface area contributed by atoms with Crippen molar-refractivity contribution in [2.75, 3.05) is 13.1 Å². The van der Waals surface area contributed by atoms with Gasteiger partial charge in [-0.05, 0) is 84.6 Å². The molecule has 0 aliphatic heterocycles. The highest BCUT2D eigenvalue weighted by Crippen LogP contribution is 2.38. The minimum absolute atomic E-state index is 0.878. The molecule has 0 bridgehead atoms. The van der Waals surface area contributed by atoms with Crippen molar-refractivity contribution in [2.24, 2.45) is 17.8 Å². The second-order valence-corrected chi connectivity index (χ2v) is 8.77. The zero-order valence-electron chi connectivity index (χ0n) is 12.8. The van der Waals surface area contributed by atoms with E-state index in [0.29, 0.717) is 0 Å². The lowest BCUT2D eigenvalue weighted by atomic mass is 9.71. The van der Waals surface area contributed by atoms with Gasteiger partial charge in [-0.25, -0.2) is 0 Å². The third-order valence-corrected chi connectivity index (χ3v) is 6.40. The van der Waals surface area contributed by atoms with Gasteiger partial charge in [-0.1, -0.05) is 26.7 Å². The maximum absolute atomic E-state index is 3.65. The van der Waals surface area contributed by atoms with Gasteiger partial charge in [-0.3, -0.25) is 0 Å². The van der Waals surface area contributed by atoms with Crippen LogP contribution in [0.3, 0.4) is 0 Å². The summed E-state index contributed by atoms with van der Waals surface area (Å²) in [4.78, 5) is 1.55. The van der Waals surface area contributed by atoms with E-state index in [2.05, 4.69) is 47.2 Å². The smallest absolute Gasteiger partial charge is 0.0701 e. The number of halogens is 1. The fourth-order valence-electron chi connectivity index (χ4n) is 3.50. The van der Waals surface area contributed by atoms with E-state index in [1.165, 1.54) is 55.4 Å². The summed E-state index contributed by atoms with van der Waals surface area (Å²) in [5.41, 5.74) is 0. The molecule has 1 N–H and O–H groups in total. The van der Waals surface area contributed by atoms with Crippen LogP contribution in [-0.4, -0.2) is 13.1 Å². The van der Waals surface area contributed by atoms with Crippen LogP contribution in [0.2, 0.25) is 0 Å². The molecule has 0 saturated heterocycles. The largest absolute Gasteiger partial charge is 0.316 e. The van der Waals surface area contributed by atoms with Crippen molar-refractivity contribution >= 4 is 27.3 Å². The molecule has 0 spiro atoms. The molecule has 1 aromatic heterocycles. The van der Waals surface area contributed by atoms with Gasteiger partial charge in [0.2, 0.25) is 0 Å². The molecule has 3 heteroatoms. The molecule has 114 valence electrons. The zero-order valence-corrected chi connectivity index (χ0v) is 15.2. The summed E-state index contributed by atoms with van der Waals surface area (Å²) in [7, 11) is 0. The minimum atomic E-state index is 0.878. The molecule has 0 amide bonds. The molecule has 0 radical (unpaired) electrons. The van der Waals surface area contributed by atoms with Gasteiger partial charge in [0.15, 0.2) is 0 Å². The van der Waals surface area contributed by atoms with E-state index < -0.39 is 0 Å². The Morgan fingerprint density at radius 1 is 1.25 bits per heavy atom. The first-order chi connectivity index (χ1) is 9.72. The molecule has 1 aliphatic carbocycles. The molecule has 1 heterocycles. The molecule has 1 aromatic rings. The molecule has 3 unspecified atom stereocenters. The quantitative estimate of drug-likeness (QED) is 0.635. The Kier molecular flexibility index (Phi) is 7.06. The van der Waals surface area contributed by atoms with Gasteiger partial charge >= 0.3 is 0 Å². The van der Waals surface area contributed by atoms with Gasteiger partial charge in [0, 0.05) is 4.88 Å². The normalized spacial score (nSPS) is 26.9. The number of thiophene rings is 1. The van der Waals surface area contributed by atoms with Crippen LogP contribution in [0.4, 0.5) is 0 Å².